The Kier molecular flexibility index (Phi) is 5.38. The van der Waals surface area contributed by atoms with E-state index in [1.54, 1.807) is 0 Å². The lowest BCUT2D eigenvalue weighted by molar-refractivity contribution is -0.296. The van der Waals surface area contributed by atoms with Crippen molar-refractivity contribution in [3.63, 3.8) is 0 Å². The summed E-state index contributed by atoms with van der Waals surface area (Å²) in [4.78, 5) is 38.1. The van der Waals surface area contributed by atoms with E-state index in [4.69, 9.17) is 9.47 Å². The van der Waals surface area contributed by atoms with Crippen LogP contribution in [-0.2, 0) is 23.9 Å². The molecule has 1 saturated heterocycles. The molecule has 0 radical (unpaired) electrons. The first-order chi connectivity index (χ1) is 17.7. The quantitative estimate of drug-likeness (QED) is 0.320. The third kappa shape index (κ3) is 2.67. The molecule has 4 saturated carbocycles. The number of allylic oxidation sites excluding steroid dienone is 1. The van der Waals surface area contributed by atoms with Gasteiger partial charge in [-0.2, -0.15) is 0 Å². The average Bonchev–Trinajstić information content (AvgIpc) is 3.22. The Bertz CT molecular complexity index is 1130. The molecule has 5 nitrogen and oxygen atoms in total. The summed E-state index contributed by atoms with van der Waals surface area (Å²) in [6.07, 6.45) is 7.05. The van der Waals surface area contributed by atoms with Gasteiger partial charge >= 0.3 is 11.9 Å². The SMILES string of the molecule is CC(=O)OC[C@]1(C)C=C(C=O)[C@@]2(C)[C@H]1CC[C@]1(C)[C@@H]2C[C@@H](F)[C@]23OC(=O)[C@@]4(CC[C@@H](C)[C@H](C)[C@H]42)CC[C@]31C. The summed E-state index contributed by atoms with van der Waals surface area (Å²) in [7, 11) is 0. The number of rotatable bonds is 3. The number of esters is 2. The fourth-order valence-corrected chi connectivity index (χ4v) is 11.9. The van der Waals surface area contributed by atoms with E-state index in [1.807, 2.05) is 6.08 Å². The van der Waals surface area contributed by atoms with Gasteiger partial charge in [0.25, 0.3) is 0 Å². The van der Waals surface area contributed by atoms with Crippen LogP contribution in [0.2, 0.25) is 0 Å². The molecule has 6 aliphatic rings. The van der Waals surface area contributed by atoms with Gasteiger partial charge in [0.2, 0.25) is 0 Å². The summed E-state index contributed by atoms with van der Waals surface area (Å²) in [5, 5.41) is 0. The number of carbonyl (C=O) groups is 3. The Morgan fingerprint density at radius 2 is 1.82 bits per heavy atom. The smallest absolute Gasteiger partial charge is 0.313 e. The zero-order valence-corrected chi connectivity index (χ0v) is 24.2. The molecular formula is C32H45FO5. The van der Waals surface area contributed by atoms with Crippen LogP contribution in [-0.4, -0.2) is 36.6 Å². The van der Waals surface area contributed by atoms with Crippen molar-refractivity contribution in [2.75, 3.05) is 6.61 Å². The van der Waals surface area contributed by atoms with Gasteiger partial charge < -0.3 is 9.47 Å². The molecule has 1 aliphatic heterocycles. The van der Waals surface area contributed by atoms with Gasteiger partial charge in [-0.25, -0.2) is 4.39 Å². The lowest BCUT2D eigenvalue weighted by Gasteiger charge is -2.72. The first-order valence-electron chi connectivity index (χ1n) is 14.9. The molecule has 0 unspecified atom stereocenters. The van der Waals surface area contributed by atoms with E-state index in [1.165, 1.54) is 6.92 Å². The van der Waals surface area contributed by atoms with Crippen molar-refractivity contribution in [2.45, 2.75) is 105 Å². The molecule has 2 bridgehead atoms. The molecule has 1 spiro atoms. The highest BCUT2D eigenvalue weighted by Crippen LogP contribution is 2.81. The monoisotopic (exact) mass is 528 g/mol. The summed E-state index contributed by atoms with van der Waals surface area (Å²) < 4.78 is 29.3. The van der Waals surface area contributed by atoms with Crippen LogP contribution in [0.5, 0.6) is 0 Å². The van der Waals surface area contributed by atoms with Gasteiger partial charge in [-0.15, -0.1) is 0 Å². The third-order valence-electron chi connectivity index (χ3n) is 14.1. The van der Waals surface area contributed by atoms with Crippen molar-refractivity contribution in [1.29, 1.82) is 0 Å². The molecule has 210 valence electrons. The molecule has 0 aromatic heterocycles. The standard InChI is InChI=1S/C32H45FO5/c1-18-8-11-31-13-12-29(6)28(5)10-9-22-27(4,17-37-20(3)35)15-21(16-34)30(22,7)23(28)14-24(33)32(29,38-26(31)36)25(31)19(18)2/h15-16,18-19,22-25H,8-14,17H2,1-7H3/t18-,19+,22+,23+,24-,25-,27+,28-,29+,30+,31+,32+/m1/s1. The minimum atomic E-state index is -1.28. The summed E-state index contributed by atoms with van der Waals surface area (Å²) in [6, 6.07) is 0. The molecule has 0 amide bonds. The second-order valence-corrected chi connectivity index (χ2v) is 15.1. The number of hydrogen-bond acceptors (Lipinski definition) is 5. The van der Waals surface area contributed by atoms with Crippen LogP contribution in [0.1, 0.15) is 93.4 Å². The molecule has 1 heterocycles. The topological polar surface area (TPSA) is 69.7 Å². The molecule has 0 aromatic carbocycles. The Labute approximate surface area is 226 Å². The van der Waals surface area contributed by atoms with E-state index >= 15 is 4.39 Å². The summed E-state index contributed by atoms with van der Waals surface area (Å²) in [5.74, 6) is 0.0263. The van der Waals surface area contributed by atoms with E-state index in [2.05, 4.69) is 41.5 Å². The molecule has 5 aliphatic carbocycles. The molecule has 38 heavy (non-hydrogen) atoms. The fraction of sp³-hybridized carbons (Fsp3) is 0.844. The van der Waals surface area contributed by atoms with E-state index < -0.39 is 33.4 Å². The maximum atomic E-state index is 17.3. The van der Waals surface area contributed by atoms with E-state index in [0.29, 0.717) is 11.5 Å². The van der Waals surface area contributed by atoms with Crippen LogP contribution >= 0.6 is 0 Å². The second-order valence-electron chi connectivity index (χ2n) is 15.1. The number of halogens is 1. The summed E-state index contributed by atoms with van der Waals surface area (Å²) >= 11 is 0. The number of carbonyl (C=O) groups excluding carboxylic acids is 3. The number of ether oxygens (including phenoxy) is 2. The predicted molar refractivity (Wildman–Crippen MR) is 140 cm³/mol. The van der Waals surface area contributed by atoms with E-state index in [-0.39, 0.29) is 54.1 Å². The van der Waals surface area contributed by atoms with Crippen LogP contribution in [0, 0.1) is 56.7 Å². The van der Waals surface area contributed by atoms with Gasteiger partial charge in [0.15, 0.2) is 5.60 Å². The number of alkyl halides is 1. The number of hydrogen-bond donors (Lipinski definition) is 0. The van der Waals surface area contributed by atoms with Gasteiger partial charge in [-0.3, -0.25) is 14.4 Å². The first-order valence-corrected chi connectivity index (χ1v) is 14.9. The Morgan fingerprint density at radius 1 is 1.11 bits per heavy atom. The van der Waals surface area contributed by atoms with Crippen molar-refractivity contribution in [1.82, 2.24) is 0 Å². The van der Waals surface area contributed by atoms with Crippen LogP contribution in [0.25, 0.3) is 0 Å². The van der Waals surface area contributed by atoms with Crippen molar-refractivity contribution >= 4 is 18.2 Å². The summed E-state index contributed by atoms with van der Waals surface area (Å²) in [6.45, 7) is 14.9. The van der Waals surface area contributed by atoms with Crippen LogP contribution in [0.3, 0.4) is 0 Å². The predicted octanol–water partition coefficient (Wildman–Crippen LogP) is 6.24. The van der Waals surface area contributed by atoms with Crippen molar-refractivity contribution in [3.8, 4) is 0 Å². The van der Waals surface area contributed by atoms with Gasteiger partial charge in [0.05, 0.1) is 5.41 Å². The third-order valence-corrected chi connectivity index (χ3v) is 14.1. The molecule has 6 rings (SSSR count). The van der Waals surface area contributed by atoms with Gasteiger partial charge in [0.1, 0.15) is 19.1 Å². The highest BCUT2D eigenvalue weighted by atomic mass is 19.1. The van der Waals surface area contributed by atoms with Crippen molar-refractivity contribution < 1.29 is 28.2 Å². The van der Waals surface area contributed by atoms with Crippen molar-refractivity contribution in [2.24, 2.45) is 56.7 Å². The highest BCUT2D eigenvalue weighted by molar-refractivity contribution is 5.82. The Morgan fingerprint density at radius 3 is 2.47 bits per heavy atom. The van der Waals surface area contributed by atoms with Crippen LogP contribution in [0.4, 0.5) is 4.39 Å². The lowest BCUT2D eigenvalue weighted by Crippen LogP contribution is -2.75. The maximum absolute atomic E-state index is 17.3. The highest BCUT2D eigenvalue weighted by Gasteiger charge is 2.84. The zero-order chi connectivity index (χ0) is 27.7. The Balaban J connectivity index is 1.48. The van der Waals surface area contributed by atoms with E-state index in [0.717, 1.165) is 44.8 Å². The average molecular weight is 529 g/mol. The minimum absolute atomic E-state index is 0.0694. The largest absolute Gasteiger partial charge is 0.465 e. The van der Waals surface area contributed by atoms with Crippen molar-refractivity contribution in [3.05, 3.63) is 11.6 Å². The van der Waals surface area contributed by atoms with Crippen LogP contribution in [0.15, 0.2) is 11.6 Å². The Hall–Kier alpha value is -1.72. The van der Waals surface area contributed by atoms with Crippen LogP contribution < -0.4 is 0 Å². The lowest BCUT2D eigenvalue weighted by atomic mass is 9.31. The molecule has 0 aromatic rings. The second kappa shape index (κ2) is 7.72. The van der Waals surface area contributed by atoms with Gasteiger partial charge in [-0.05, 0) is 79.6 Å². The van der Waals surface area contributed by atoms with Gasteiger partial charge in [0, 0.05) is 29.1 Å². The molecule has 5 fully saturated rings. The van der Waals surface area contributed by atoms with Gasteiger partial charge in [-0.1, -0.05) is 47.6 Å². The summed E-state index contributed by atoms with van der Waals surface area (Å²) in [5.41, 5.74) is -2.82. The van der Waals surface area contributed by atoms with E-state index in [9.17, 15) is 14.4 Å². The first kappa shape index (κ1) is 26.5. The fourth-order valence-electron chi connectivity index (χ4n) is 11.9. The molecule has 6 heteroatoms. The maximum Gasteiger partial charge on any atom is 0.313 e. The normalized spacial score (nSPS) is 56.5. The molecule has 12 atom stereocenters. The number of aldehydes is 1. The molecular weight excluding hydrogens is 483 g/mol. The zero-order valence-electron chi connectivity index (χ0n) is 24.2. The number of fused-ring (bicyclic) bond motifs is 4. The molecule has 0 N–H and O–H groups in total. The minimum Gasteiger partial charge on any atom is -0.465 e.